The summed E-state index contributed by atoms with van der Waals surface area (Å²) in [6.07, 6.45) is 0.346. The van der Waals surface area contributed by atoms with Gasteiger partial charge in [-0.2, -0.15) is 5.26 Å². The third-order valence-electron chi connectivity index (χ3n) is 5.12. The van der Waals surface area contributed by atoms with Crippen LogP contribution in [0.2, 0.25) is 0 Å². The number of hydrogen-bond acceptors (Lipinski definition) is 4. The number of hydrogen-bond donors (Lipinski definition) is 1. The molecule has 0 spiro atoms. The highest BCUT2D eigenvalue weighted by Gasteiger charge is 2.32. The van der Waals surface area contributed by atoms with Crippen molar-refractivity contribution in [2.75, 3.05) is 11.1 Å². The highest BCUT2D eigenvalue weighted by Crippen LogP contribution is 2.39. The molecule has 1 fully saturated rings. The molecule has 1 heterocycles. The van der Waals surface area contributed by atoms with Gasteiger partial charge in [0, 0.05) is 17.8 Å². The fourth-order valence-corrected chi connectivity index (χ4v) is 4.67. The number of carbonyl (C=O) groups is 2. The van der Waals surface area contributed by atoms with E-state index in [4.69, 9.17) is 5.26 Å². The minimum atomic E-state index is -0.198. The molecule has 5 nitrogen and oxygen atoms in total. The van der Waals surface area contributed by atoms with Crippen LogP contribution in [0.5, 0.6) is 0 Å². The van der Waals surface area contributed by atoms with Crippen molar-refractivity contribution < 1.29 is 9.59 Å². The van der Waals surface area contributed by atoms with Crippen molar-refractivity contribution in [3.8, 4) is 6.07 Å². The average Bonchev–Trinajstić information content (AvgIpc) is 3.16. The second-order valence-corrected chi connectivity index (χ2v) is 8.35. The summed E-state index contributed by atoms with van der Waals surface area (Å²) < 4.78 is 0. The molecule has 2 amide bonds. The number of benzene rings is 3. The van der Waals surface area contributed by atoms with E-state index in [-0.39, 0.29) is 17.2 Å². The molecule has 0 radical (unpaired) electrons. The number of nitriles is 1. The first-order valence-corrected chi connectivity index (χ1v) is 11.0. The molecule has 154 valence electrons. The van der Waals surface area contributed by atoms with Gasteiger partial charge in [0.25, 0.3) is 5.91 Å². The van der Waals surface area contributed by atoms with Gasteiger partial charge < -0.3 is 10.2 Å². The molecule has 0 bridgehead atoms. The SMILES string of the molecule is N#CCc1ccc(NC(=O)c2ccc([C@H]3SCC(=O)N3Cc3ccccc3)cc2)cc1. The second kappa shape index (κ2) is 9.50. The van der Waals surface area contributed by atoms with Gasteiger partial charge in [-0.25, -0.2) is 0 Å². The van der Waals surface area contributed by atoms with Gasteiger partial charge in [0.15, 0.2) is 0 Å². The Bertz CT molecular complexity index is 1110. The molecule has 1 aliphatic heterocycles. The summed E-state index contributed by atoms with van der Waals surface area (Å²) in [5.41, 5.74) is 4.24. The maximum Gasteiger partial charge on any atom is 0.255 e. The van der Waals surface area contributed by atoms with Crippen LogP contribution in [0.25, 0.3) is 0 Å². The van der Waals surface area contributed by atoms with Gasteiger partial charge in [-0.05, 0) is 41.0 Å². The Morgan fingerprint density at radius 1 is 1.00 bits per heavy atom. The van der Waals surface area contributed by atoms with Crippen LogP contribution >= 0.6 is 11.8 Å². The van der Waals surface area contributed by atoms with Gasteiger partial charge >= 0.3 is 0 Å². The van der Waals surface area contributed by atoms with Crippen LogP contribution in [0.3, 0.4) is 0 Å². The molecule has 1 atom stereocenters. The average molecular weight is 428 g/mol. The minimum absolute atomic E-state index is 0.0579. The summed E-state index contributed by atoms with van der Waals surface area (Å²) in [7, 11) is 0. The first kappa shape index (κ1) is 20.7. The van der Waals surface area contributed by atoms with Crippen LogP contribution in [-0.2, 0) is 17.8 Å². The van der Waals surface area contributed by atoms with Gasteiger partial charge in [-0.15, -0.1) is 11.8 Å². The normalized spacial score (nSPS) is 15.5. The summed E-state index contributed by atoms with van der Waals surface area (Å²) in [5, 5.41) is 11.6. The van der Waals surface area contributed by atoms with E-state index in [0.717, 1.165) is 16.7 Å². The van der Waals surface area contributed by atoms with Crippen LogP contribution in [0, 0.1) is 11.3 Å². The van der Waals surface area contributed by atoms with Crippen molar-refractivity contribution in [1.82, 2.24) is 4.90 Å². The molecule has 1 saturated heterocycles. The Balaban J connectivity index is 1.43. The van der Waals surface area contributed by atoms with E-state index >= 15 is 0 Å². The molecule has 4 rings (SSSR count). The Morgan fingerprint density at radius 2 is 1.71 bits per heavy atom. The number of rotatable bonds is 6. The number of anilines is 1. The quantitative estimate of drug-likeness (QED) is 0.614. The Hall–Kier alpha value is -3.56. The van der Waals surface area contributed by atoms with E-state index in [1.807, 2.05) is 59.5 Å². The zero-order valence-corrected chi connectivity index (χ0v) is 17.6. The van der Waals surface area contributed by atoms with E-state index < -0.39 is 0 Å². The predicted octanol–water partition coefficient (Wildman–Crippen LogP) is 4.78. The second-order valence-electron chi connectivity index (χ2n) is 7.28. The molecule has 3 aromatic rings. The van der Waals surface area contributed by atoms with Crippen molar-refractivity contribution in [1.29, 1.82) is 5.26 Å². The van der Waals surface area contributed by atoms with E-state index in [0.29, 0.717) is 30.0 Å². The number of nitrogens with zero attached hydrogens (tertiary/aromatic N) is 2. The van der Waals surface area contributed by atoms with E-state index in [1.54, 1.807) is 36.0 Å². The molecule has 0 aliphatic carbocycles. The number of amides is 2. The maximum atomic E-state index is 12.6. The van der Waals surface area contributed by atoms with Crippen molar-refractivity contribution in [2.45, 2.75) is 18.3 Å². The number of carbonyl (C=O) groups excluding carboxylic acids is 2. The highest BCUT2D eigenvalue weighted by atomic mass is 32.2. The smallest absolute Gasteiger partial charge is 0.255 e. The van der Waals surface area contributed by atoms with Gasteiger partial charge in [-0.1, -0.05) is 54.6 Å². The molecule has 0 aromatic heterocycles. The highest BCUT2D eigenvalue weighted by molar-refractivity contribution is 8.00. The largest absolute Gasteiger partial charge is 0.322 e. The Labute approximate surface area is 185 Å². The van der Waals surface area contributed by atoms with Crippen LogP contribution in [-0.4, -0.2) is 22.5 Å². The lowest BCUT2D eigenvalue weighted by Gasteiger charge is -2.24. The molecule has 1 aliphatic rings. The topological polar surface area (TPSA) is 73.2 Å². The summed E-state index contributed by atoms with van der Waals surface area (Å²) in [6.45, 7) is 0.571. The van der Waals surface area contributed by atoms with Crippen LogP contribution in [0.4, 0.5) is 5.69 Å². The molecule has 31 heavy (non-hydrogen) atoms. The van der Waals surface area contributed by atoms with E-state index in [9.17, 15) is 9.59 Å². The van der Waals surface area contributed by atoms with Crippen molar-refractivity contribution >= 4 is 29.3 Å². The van der Waals surface area contributed by atoms with Crippen LogP contribution in [0.15, 0.2) is 78.9 Å². The molecule has 1 N–H and O–H groups in total. The lowest BCUT2D eigenvalue weighted by molar-refractivity contribution is -0.128. The van der Waals surface area contributed by atoms with Gasteiger partial charge in [0.2, 0.25) is 5.91 Å². The molecular weight excluding hydrogens is 406 g/mol. The van der Waals surface area contributed by atoms with Crippen LogP contribution in [0.1, 0.15) is 32.4 Å². The van der Waals surface area contributed by atoms with E-state index in [1.165, 1.54) is 0 Å². The lowest BCUT2D eigenvalue weighted by atomic mass is 10.1. The fourth-order valence-electron chi connectivity index (χ4n) is 3.48. The first-order chi connectivity index (χ1) is 15.1. The lowest BCUT2D eigenvalue weighted by Crippen LogP contribution is -2.27. The monoisotopic (exact) mass is 427 g/mol. The molecular formula is C25H21N3O2S. The van der Waals surface area contributed by atoms with Crippen LogP contribution < -0.4 is 5.32 Å². The Morgan fingerprint density at radius 3 is 2.39 bits per heavy atom. The standard InChI is InChI=1S/C25H21N3O2S/c26-15-14-18-6-12-22(13-7-18)27-24(30)20-8-10-21(11-9-20)25-28(23(29)17-31-25)16-19-4-2-1-3-5-19/h1-13,25H,14,16-17H2,(H,27,30)/t25-/m1/s1. The molecule has 0 unspecified atom stereocenters. The third kappa shape index (κ3) is 4.96. The zero-order chi connectivity index (χ0) is 21.6. The fraction of sp³-hybridized carbons (Fsp3) is 0.160. The molecule has 3 aromatic carbocycles. The van der Waals surface area contributed by atoms with Gasteiger partial charge in [-0.3, -0.25) is 9.59 Å². The summed E-state index contributed by atoms with van der Waals surface area (Å²) in [6, 6.07) is 26.7. The molecule has 6 heteroatoms. The van der Waals surface area contributed by atoms with Crippen molar-refractivity contribution in [2.24, 2.45) is 0 Å². The van der Waals surface area contributed by atoms with E-state index in [2.05, 4.69) is 11.4 Å². The predicted molar refractivity (Wildman–Crippen MR) is 122 cm³/mol. The summed E-state index contributed by atoms with van der Waals surface area (Å²) >= 11 is 1.61. The van der Waals surface area contributed by atoms with Gasteiger partial charge in [0.05, 0.1) is 18.2 Å². The molecule has 0 saturated carbocycles. The van der Waals surface area contributed by atoms with Gasteiger partial charge in [0.1, 0.15) is 5.37 Å². The summed E-state index contributed by atoms with van der Waals surface area (Å²) in [5.74, 6) is 0.387. The van der Waals surface area contributed by atoms with Crippen molar-refractivity contribution in [3.05, 3.63) is 101 Å². The minimum Gasteiger partial charge on any atom is -0.322 e. The summed E-state index contributed by atoms with van der Waals surface area (Å²) in [4.78, 5) is 26.9. The van der Waals surface area contributed by atoms with Crippen molar-refractivity contribution in [3.63, 3.8) is 0 Å². The maximum absolute atomic E-state index is 12.6. The number of thioether (sulfide) groups is 1. The zero-order valence-electron chi connectivity index (χ0n) is 16.8. The third-order valence-corrected chi connectivity index (χ3v) is 6.37. The Kier molecular flexibility index (Phi) is 6.34. The number of nitrogens with one attached hydrogen (secondary N) is 1. The first-order valence-electron chi connectivity index (χ1n) is 9.96.